The van der Waals surface area contributed by atoms with E-state index in [9.17, 15) is 9.59 Å². The molecular formula is C16H25N3O2. The minimum Gasteiger partial charge on any atom is -0.347 e. The highest BCUT2D eigenvalue weighted by Crippen LogP contribution is 2.29. The Morgan fingerprint density at radius 2 is 1.71 bits per heavy atom. The lowest BCUT2D eigenvalue weighted by Crippen LogP contribution is -2.39. The van der Waals surface area contributed by atoms with Crippen LogP contribution in [0.2, 0.25) is 0 Å². The summed E-state index contributed by atoms with van der Waals surface area (Å²) in [5.74, 6) is -1.24. The Balaban J connectivity index is 2.69. The van der Waals surface area contributed by atoms with E-state index in [1.807, 2.05) is 43.3 Å². The molecule has 1 aromatic rings. The first-order valence-corrected chi connectivity index (χ1v) is 7.05. The highest BCUT2D eigenvalue weighted by atomic mass is 16.2. The Morgan fingerprint density at radius 3 is 2.29 bits per heavy atom. The van der Waals surface area contributed by atoms with Gasteiger partial charge in [0.1, 0.15) is 0 Å². The fourth-order valence-electron chi connectivity index (χ4n) is 1.90. The zero-order valence-electron chi connectivity index (χ0n) is 13.5. The summed E-state index contributed by atoms with van der Waals surface area (Å²) >= 11 is 0. The average molecular weight is 291 g/mol. The number of hydrogen-bond donors (Lipinski definition) is 2. The average Bonchev–Trinajstić information content (AvgIpc) is 2.37. The van der Waals surface area contributed by atoms with Gasteiger partial charge < -0.3 is 15.5 Å². The lowest BCUT2D eigenvalue weighted by atomic mass is 9.86. The van der Waals surface area contributed by atoms with Gasteiger partial charge in [0.15, 0.2) is 0 Å². The van der Waals surface area contributed by atoms with Crippen LogP contribution in [0.25, 0.3) is 0 Å². The molecule has 2 N–H and O–H groups in total. The van der Waals surface area contributed by atoms with Crippen molar-refractivity contribution in [3.05, 3.63) is 29.8 Å². The number of carbonyl (C=O) groups excluding carboxylic acids is 2. The van der Waals surface area contributed by atoms with Crippen molar-refractivity contribution < 1.29 is 9.59 Å². The molecule has 116 valence electrons. The van der Waals surface area contributed by atoms with Gasteiger partial charge in [0.05, 0.1) is 0 Å². The Kier molecular flexibility index (Phi) is 5.90. The van der Waals surface area contributed by atoms with E-state index in [-0.39, 0.29) is 5.41 Å². The van der Waals surface area contributed by atoms with E-state index >= 15 is 0 Å². The molecule has 0 heterocycles. The molecular weight excluding hydrogens is 266 g/mol. The van der Waals surface area contributed by atoms with Crippen LogP contribution in [0.15, 0.2) is 24.3 Å². The molecule has 21 heavy (non-hydrogen) atoms. The van der Waals surface area contributed by atoms with E-state index < -0.39 is 11.8 Å². The number of nitrogens with one attached hydrogen (secondary N) is 2. The van der Waals surface area contributed by atoms with Crippen LogP contribution in [0.3, 0.4) is 0 Å². The Morgan fingerprint density at radius 1 is 1.10 bits per heavy atom. The molecule has 0 atom stereocenters. The molecule has 0 aliphatic heterocycles. The van der Waals surface area contributed by atoms with E-state index in [0.717, 1.165) is 5.56 Å². The molecule has 0 aliphatic rings. The summed E-state index contributed by atoms with van der Waals surface area (Å²) < 4.78 is 0. The summed E-state index contributed by atoms with van der Waals surface area (Å²) in [4.78, 5) is 25.6. The van der Waals surface area contributed by atoms with Crippen molar-refractivity contribution >= 4 is 17.5 Å². The second kappa shape index (κ2) is 7.22. The first-order chi connectivity index (χ1) is 9.71. The zero-order chi connectivity index (χ0) is 16.0. The lowest BCUT2D eigenvalue weighted by molar-refractivity contribution is -0.136. The predicted octanol–water partition coefficient (Wildman–Crippen LogP) is 1.60. The third-order valence-electron chi connectivity index (χ3n) is 3.03. The summed E-state index contributed by atoms with van der Waals surface area (Å²) in [6.45, 7) is 7.33. The van der Waals surface area contributed by atoms with E-state index in [1.165, 1.54) is 0 Å². The number of carbonyl (C=O) groups is 2. The van der Waals surface area contributed by atoms with Gasteiger partial charge in [-0.2, -0.15) is 0 Å². The van der Waals surface area contributed by atoms with Gasteiger partial charge in [-0.15, -0.1) is 0 Å². The van der Waals surface area contributed by atoms with Crippen molar-refractivity contribution in [2.45, 2.75) is 26.2 Å². The van der Waals surface area contributed by atoms with E-state index in [4.69, 9.17) is 0 Å². The van der Waals surface area contributed by atoms with Crippen LogP contribution in [0, 0.1) is 0 Å². The topological polar surface area (TPSA) is 61.4 Å². The smallest absolute Gasteiger partial charge is 0.313 e. The van der Waals surface area contributed by atoms with Crippen molar-refractivity contribution in [2.24, 2.45) is 0 Å². The number of rotatable bonds is 4. The number of likely N-dealkylation sites (N-methyl/N-ethyl adjacent to an activating group) is 1. The molecule has 1 aromatic carbocycles. The van der Waals surface area contributed by atoms with Crippen molar-refractivity contribution in [1.29, 1.82) is 0 Å². The largest absolute Gasteiger partial charge is 0.347 e. The quantitative estimate of drug-likeness (QED) is 0.828. The van der Waals surface area contributed by atoms with Gasteiger partial charge in [-0.05, 0) is 31.1 Å². The summed E-state index contributed by atoms with van der Waals surface area (Å²) in [7, 11) is 3.82. The molecule has 2 amide bonds. The first kappa shape index (κ1) is 17.2. The van der Waals surface area contributed by atoms with Gasteiger partial charge in [0.25, 0.3) is 0 Å². The maximum atomic E-state index is 11.9. The number of benzene rings is 1. The number of amides is 2. The summed E-state index contributed by atoms with van der Waals surface area (Å²) in [6.07, 6.45) is 0. The predicted molar refractivity (Wildman–Crippen MR) is 85.3 cm³/mol. The van der Waals surface area contributed by atoms with Crippen LogP contribution in [0.1, 0.15) is 26.3 Å². The Hall–Kier alpha value is -1.88. The van der Waals surface area contributed by atoms with E-state index in [0.29, 0.717) is 18.8 Å². The van der Waals surface area contributed by atoms with Crippen molar-refractivity contribution in [3.63, 3.8) is 0 Å². The summed E-state index contributed by atoms with van der Waals surface area (Å²) in [5, 5.41) is 5.29. The molecule has 0 bridgehead atoms. The van der Waals surface area contributed by atoms with Crippen LogP contribution in [-0.4, -0.2) is 43.9 Å². The summed E-state index contributed by atoms with van der Waals surface area (Å²) in [6, 6.07) is 7.54. The third kappa shape index (κ3) is 5.55. The van der Waals surface area contributed by atoms with Gasteiger partial charge in [-0.1, -0.05) is 39.0 Å². The van der Waals surface area contributed by atoms with Crippen molar-refractivity contribution in [2.75, 3.05) is 32.5 Å². The molecule has 0 aromatic heterocycles. The van der Waals surface area contributed by atoms with Crippen LogP contribution in [0.5, 0.6) is 0 Å². The van der Waals surface area contributed by atoms with E-state index in [1.54, 1.807) is 0 Å². The summed E-state index contributed by atoms with van der Waals surface area (Å²) in [5.41, 5.74) is 1.57. The molecule has 0 spiro atoms. The standard InChI is InChI=1S/C16H25N3O2/c1-16(2,3)12-8-6-7-9-13(12)18-15(21)14(20)17-10-11-19(4)5/h6-9H,10-11H2,1-5H3,(H,17,20)(H,18,21). The van der Waals surface area contributed by atoms with Crippen LogP contribution in [-0.2, 0) is 15.0 Å². The van der Waals surface area contributed by atoms with Gasteiger partial charge in [0, 0.05) is 18.8 Å². The van der Waals surface area contributed by atoms with Gasteiger partial charge in [-0.3, -0.25) is 9.59 Å². The number of nitrogens with zero attached hydrogens (tertiary/aromatic N) is 1. The van der Waals surface area contributed by atoms with Gasteiger partial charge >= 0.3 is 11.8 Å². The molecule has 0 unspecified atom stereocenters. The molecule has 5 heteroatoms. The minimum atomic E-state index is -0.634. The zero-order valence-corrected chi connectivity index (χ0v) is 13.5. The van der Waals surface area contributed by atoms with Crippen LogP contribution in [0.4, 0.5) is 5.69 Å². The normalized spacial score (nSPS) is 11.3. The number of para-hydroxylation sites is 1. The molecule has 0 radical (unpaired) electrons. The van der Waals surface area contributed by atoms with Gasteiger partial charge in [0.2, 0.25) is 0 Å². The lowest BCUT2D eigenvalue weighted by Gasteiger charge is -2.22. The Labute approximate surface area is 126 Å². The second-order valence-corrected chi connectivity index (χ2v) is 6.31. The molecule has 0 aliphatic carbocycles. The molecule has 5 nitrogen and oxygen atoms in total. The van der Waals surface area contributed by atoms with Crippen LogP contribution < -0.4 is 10.6 Å². The van der Waals surface area contributed by atoms with E-state index in [2.05, 4.69) is 31.4 Å². The maximum Gasteiger partial charge on any atom is 0.313 e. The molecule has 0 saturated heterocycles. The third-order valence-corrected chi connectivity index (χ3v) is 3.03. The highest BCUT2D eigenvalue weighted by Gasteiger charge is 2.20. The van der Waals surface area contributed by atoms with Crippen molar-refractivity contribution in [3.8, 4) is 0 Å². The Bertz CT molecular complexity index is 504. The van der Waals surface area contributed by atoms with Crippen LogP contribution >= 0.6 is 0 Å². The monoisotopic (exact) mass is 291 g/mol. The first-order valence-electron chi connectivity index (χ1n) is 7.05. The second-order valence-electron chi connectivity index (χ2n) is 6.31. The fourth-order valence-corrected chi connectivity index (χ4v) is 1.90. The number of hydrogen-bond acceptors (Lipinski definition) is 3. The maximum absolute atomic E-state index is 11.9. The molecule has 0 fully saturated rings. The highest BCUT2D eigenvalue weighted by molar-refractivity contribution is 6.39. The van der Waals surface area contributed by atoms with Crippen molar-refractivity contribution in [1.82, 2.24) is 10.2 Å². The molecule has 1 rings (SSSR count). The minimum absolute atomic E-state index is 0.106. The fraction of sp³-hybridized carbons (Fsp3) is 0.500. The SMILES string of the molecule is CN(C)CCNC(=O)C(=O)Nc1ccccc1C(C)(C)C. The molecule has 0 saturated carbocycles. The van der Waals surface area contributed by atoms with Gasteiger partial charge in [-0.25, -0.2) is 0 Å². The number of anilines is 1.